The van der Waals surface area contributed by atoms with Gasteiger partial charge in [-0.3, -0.25) is 14.5 Å². The summed E-state index contributed by atoms with van der Waals surface area (Å²) in [6.07, 6.45) is -1.73. The van der Waals surface area contributed by atoms with E-state index in [0.717, 1.165) is 44.7 Å². The molecule has 1 atom stereocenters. The molecule has 212 valence electrons. The highest BCUT2D eigenvalue weighted by Gasteiger charge is 2.63. The van der Waals surface area contributed by atoms with E-state index in [0.29, 0.717) is 29.5 Å². The minimum absolute atomic E-state index is 0.0322. The van der Waals surface area contributed by atoms with Gasteiger partial charge < -0.3 is 19.8 Å². The second kappa shape index (κ2) is 10.5. The molecule has 0 aliphatic carbocycles. The number of hydrogen-bond donors (Lipinski definition) is 1. The van der Waals surface area contributed by atoms with Crippen LogP contribution < -0.4 is 4.90 Å². The number of nitrogens with zero attached hydrogens (tertiary/aromatic N) is 4. The number of alkyl halides is 3. The van der Waals surface area contributed by atoms with Crippen molar-refractivity contribution in [2.24, 2.45) is 11.3 Å². The number of piperidine rings is 2. The number of hydrogen-bond acceptors (Lipinski definition) is 5. The number of aliphatic hydroxyl groups is 1. The molecule has 2 amide bonds. The van der Waals surface area contributed by atoms with Crippen LogP contribution in [-0.4, -0.2) is 103 Å². The van der Waals surface area contributed by atoms with Crippen LogP contribution in [0.2, 0.25) is 5.02 Å². The van der Waals surface area contributed by atoms with Crippen molar-refractivity contribution in [1.82, 2.24) is 14.7 Å². The third kappa shape index (κ3) is 5.23. The van der Waals surface area contributed by atoms with E-state index >= 15 is 0 Å². The smallest absolute Gasteiger partial charge is 0.372 e. The van der Waals surface area contributed by atoms with E-state index in [1.165, 1.54) is 23.6 Å². The van der Waals surface area contributed by atoms with Gasteiger partial charge >= 0.3 is 6.18 Å². The molecule has 0 aromatic heterocycles. The van der Waals surface area contributed by atoms with Gasteiger partial charge in [0.25, 0.3) is 11.8 Å². The molecule has 11 heteroatoms. The van der Waals surface area contributed by atoms with E-state index in [9.17, 15) is 27.9 Å². The van der Waals surface area contributed by atoms with Crippen molar-refractivity contribution >= 4 is 29.1 Å². The first-order valence-electron chi connectivity index (χ1n) is 13.3. The first-order chi connectivity index (χ1) is 17.7. The lowest BCUT2D eigenvalue weighted by atomic mass is 9.70. The third-order valence-electron chi connectivity index (χ3n) is 8.72. The highest BCUT2D eigenvalue weighted by atomic mass is 35.5. The first kappa shape index (κ1) is 29.0. The van der Waals surface area contributed by atoms with Crippen molar-refractivity contribution in [1.29, 1.82) is 0 Å². The molecule has 0 saturated carbocycles. The van der Waals surface area contributed by atoms with Gasteiger partial charge in [0.1, 0.15) is 0 Å². The van der Waals surface area contributed by atoms with Crippen LogP contribution in [0.3, 0.4) is 0 Å². The molecule has 0 bridgehead atoms. The van der Waals surface area contributed by atoms with Crippen molar-refractivity contribution in [3.63, 3.8) is 0 Å². The van der Waals surface area contributed by atoms with Crippen LogP contribution in [0.5, 0.6) is 0 Å². The Bertz CT molecular complexity index is 1040. The highest BCUT2D eigenvalue weighted by Crippen LogP contribution is 2.45. The summed E-state index contributed by atoms with van der Waals surface area (Å²) in [5, 5.41) is 10.7. The first-order valence-corrected chi connectivity index (χ1v) is 13.6. The Morgan fingerprint density at radius 3 is 2.13 bits per heavy atom. The van der Waals surface area contributed by atoms with Gasteiger partial charge in [-0.05, 0) is 49.3 Å². The monoisotopic (exact) mass is 558 g/mol. The molecule has 1 aromatic rings. The zero-order valence-corrected chi connectivity index (χ0v) is 23.3. The lowest BCUT2D eigenvalue weighted by molar-refractivity contribution is -0.270. The lowest BCUT2D eigenvalue weighted by Gasteiger charge is -2.57. The number of carbonyl (C=O) groups excluding carboxylic acids is 2. The summed E-state index contributed by atoms with van der Waals surface area (Å²) in [5.41, 5.74) is -1.82. The summed E-state index contributed by atoms with van der Waals surface area (Å²) in [6.45, 7) is 6.45. The Balaban J connectivity index is 1.27. The summed E-state index contributed by atoms with van der Waals surface area (Å²) in [6, 6.07) is 6.01. The average Bonchev–Trinajstić information content (AvgIpc) is 2.85. The summed E-state index contributed by atoms with van der Waals surface area (Å²) < 4.78 is 40.7. The van der Waals surface area contributed by atoms with Gasteiger partial charge in [-0.25, -0.2) is 0 Å². The molecular weight excluding hydrogens is 521 g/mol. The van der Waals surface area contributed by atoms with Gasteiger partial charge in [0.15, 0.2) is 0 Å². The molecule has 3 aliphatic heterocycles. The van der Waals surface area contributed by atoms with Gasteiger partial charge in [0, 0.05) is 71.0 Å². The maximum Gasteiger partial charge on any atom is 0.426 e. The maximum atomic E-state index is 13.6. The Hall–Kier alpha value is -2.04. The van der Waals surface area contributed by atoms with E-state index in [-0.39, 0.29) is 24.4 Å². The number of likely N-dealkylation sites (tertiary alicyclic amines) is 2. The summed E-state index contributed by atoms with van der Waals surface area (Å²) in [7, 11) is 3.39. The quantitative estimate of drug-likeness (QED) is 0.594. The molecule has 3 aliphatic rings. The number of anilines is 1. The van der Waals surface area contributed by atoms with E-state index in [2.05, 4.69) is 9.80 Å². The van der Waals surface area contributed by atoms with Crippen molar-refractivity contribution < 1.29 is 27.9 Å². The fraction of sp³-hybridized carbons (Fsp3) is 0.704. The molecule has 38 heavy (non-hydrogen) atoms. The van der Waals surface area contributed by atoms with Gasteiger partial charge in [0.2, 0.25) is 5.60 Å². The standard InChI is InChI=1S/C27H38ClF3N4O3/c1-18(2)26(38,27(29,30)31)24(37)34-13-9-25(10-14-34)16-35(17-25)19-7-11-33(12-8-19)20-5-6-21(22(28)15-20)23(36)32(3)4/h5-6,15,18-19,38H,7-14,16-17H2,1-4H3/t26-/m1/s1. The van der Waals surface area contributed by atoms with Crippen molar-refractivity contribution in [2.45, 2.75) is 57.3 Å². The molecule has 3 fully saturated rings. The molecule has 3 saturated heterocycles. The van der Waals surface area contributed by atoms with E-state index in [1.807, 2.05) is 12.1 Å². The Labute approximate surface area is 227 Å². The van der Waals surface area contributed by atoms with Gasteiger partial charge in [0.05, 0.1) is 10.6 Å². The number of carbonyl (C=O) groups is 2. The molecule has 4 rings (SSSR count). The van der Waals surface area contributed by atoms with Gasteiger partial charge in [-0.2, -0.15) is 13.2 Å². The van der Waals surface area contributed by atoms with Gasteiger partial charge in [-0.15, -0.1) is 0 Å². The molecule has 0 radical (unpaired) electrons. The van der Waals surface area contributed by atoms with Crippen molar-refractivity contribution in [2.75, 3.05) is 58.3 Å². The topological polar surface area (TPSA) is 67.3 Å². The second-order valence-corrected chi connectivity index (χ2v) is 12.1. The Morgan fingerprint density at radius 1 is 1.08 bits per heavy atom. The lowest BCUT2D eigenvalue weighted by Crippen LogP contribution is -2.67. The number of rotatable bonds is 5. The SMILES string of the molecule is CC(C)[C@@](O)(C(=O)N1CCC2(CC1)CN(C1CCN(c3ccc(C(=O)N(C)C)c(Cl)c3)CC1)C2)C(F)(F)F. The second-order valence-electron chi connectivity index (χ2n) is 11.7. The van der Waals surface area contributed by atoms with Crippen LogP contribution in [-0.2, 0) is 4.79 Å². The van der Waals surface area contributed by atoms with Crippen molar-refractivity contribution in [3.8, 4) is 0 Å². The fourth-order valence-electron chi connectivity index (χ4n) is 6.11. The molecule has 1 spiro atoms. The van der Waals surface area contributed by atoms with Crippen LogP contribution in [0.15, 0.2) is 18.2 Å². The van der Waals surface area contributed by atoms with Crippen LogP contribution in [0.25, 0.3) is 0 Å². The average molecular weight is 559 g/mol. The van der Waals surface area contributed by atoms with E-state index < -0.39 is 23.6 Å². The van der Waals surface area contributed by atoms with Crippen molar-refractivity contribution in [3.05, 3.63) is 28.8 Å². The Kier molecular flexibility index (Phi) is 8.00. The van der Waals surface area contributed by atoms with Crippen LogP contribution in [0, 0.1) is 11.3 Å². The predicted octanol–water partition coefficient (Wildman–Crippen LogP) is 3.88. The summed E-state index contributed by atoms with van der Waals surface area (Å²) in [4.78, 5) is 32.4. The third-order valence-corrected chi connectivity index (χ3v) is 9.03. The maximum absolute atomic E-state index is 13.6. The molecular formula is C27H38ClF3N4O3. The highest BCUT2D eigenvalue weighted by molar-refractivity contribution is 6.34. The molecule has 7 nitrogen and oxygen atoms in total. The van der Waals surface area contributed by atoms with Gasteiger partial charge in [-0.1, -0.05) is 25.4 Å². The molecule has 1 N–H and O–H groups in total. The van der Waals surface area contributed by atoms with Crippen LogP contribution in [0.4, 0.5) is 18.9 Å². The zero-order chi connectivity index (χ0) is 28.0. The zero-order valence-electron chi connectivity index (χ0n) is 22.5. The normalized spacial score (nSPS) is 22.4. The number of halogens is 4. The fourth-order valence-corrected chi connectivity index (χ4v) is 6.37. The minimum Gasteiger partial charge on any atom is -0.372 e. The molecule has 1 aromatic carbocycles. The predicted molar refractivity (Wildman–Crippen MR) is 140 cm³/mol. The van der Waals surface area contributed by atoms with Crippen LogP contribution >= 0.6 is 11.6 Å². The number of benzene rings is 1. The van der Waals surface area contributed by atoms with Crippen LogP contribution in [0.1, 0.15) is 49.9 Å². The number of amides is 2. The van der Waals surface area contributed by atoms with E-state index in [1.54, 1.807) is 20.2 Å². The minimum atomic E-state index is -5.01. The van der Waals surface area contributed by atoms with E-state index in [4.69, 9.17) is 11.6 Å². The summed E-state index contributed by atoms with van der Waals surface area (Å²) >= 11 is 6.40. The molecule has 3 heterocycles. The summed E-state index contributed by atoms with van der Waals surface area (Å²) in [5.74, 6) is -2.61. The largest absolute Gasteiger partial charge is 0.426 e. The molecule has 0 unspecified atom stereocenters. The Morgan fingerprint density at radius 2 is 1.66 bits per heavy atom.